The van der Waals surface area contributed by atoms with E-state index in [0.717, 1.165) is 39.8 Å². The van der Waals surface area contributed by atoms with Crippen LogP contribution in [0.25, 0.3) is 0 Å². The first kappa shape index (κ1) is 13.9. The Hall–Kier alpha value is -0.0600. The average molecular weight is 389 g/mol. The summed E-state index contributed by atoms with van der Waals surface area (Å²) >= 11 is 6.75. The van der Waals surface area contributed by atoms with Crippen LogP contribution in [0.15, 0.2) is 21.1 Å². The predicted molar refractivity (Wildman–Crippen MR) is 84.2 cm³/mol. The van der Waals surface area contributed by atoms with Gasteiger partial charge in [-0.1, -0.05) is 6.42 Å². The van der Waals surface area contributed by atoms with Gasteiger partial charge in [0.1, 0.15) is 5.75 Å². The van der Waals surface area contributed by atoms with Crippen molar-refractivity contribution in [2.24, 2.45) is 17.8 Å². The number of phenolic OH excluding ortho intramolecular Hbond substituents is 1. The van der Waals surface area contributed by atoms with Crippen molar-refractivity contribution in [3.05, 3.63) is 26.6 Å². The van der Waals surface area contributed by atoms with Crippen LogP contribution in [0.2, 0.25) is 0 Å². The quantitative estimate of drug-likeness (QED) is 0.798. The summed E-state index contributed by atoms with van der Waals surface area (Å²) in [6, 6.07) is 3.96. The number of aromatic hydroxyl groups is 1. The molecule has 2 nitrogen and oxygen atoms in total. The zero-order chi connectivity index (χ0) is 13.4. The van der Waals surface area contributed by atoms with Gasteiger partial charge < -0.3 is 10.4 Å². The number of benzene rings is 1. The van der Waals surface area contributed by atoms with E-state index in [9.17, 15) is 5.11 Å². The summed E-state index contributed by atoms with van der Waals surface area (Å²) in [4.78, 5) is 0. The Balaban J connectivity index is 1.52. The summed E-state index contributed by atoms with van der Waals surface area (Å²) in [5, 5.41) is 13.3. The smallest absolute Gasteiger partial charge is 0.143 e. The molecule has 2 fully saturated rings. The maximum atomic E-state index is 9.69. The fraction of sp³-hybridized carbons (Fsp3) is 0.600. The van der Waals surface area contributed by atoms with Crippen molar-refractivity contribution in [3.63, 3.8) is 0 Å². The topological polar surface area (TPSA) is 32.3 Å². The highest BCUT2D eigenvalue weighted by Crippen LogP contribution is 2.47. The van der Waals surface area contributed by atoms with E-state index in [4.69, 9.17) is 0 Å². The molecule has 2 N–H and O–H groups in total. The van der Waals surface area contributed by atoms with Crippen LogP contribution in [-0.2, 0) is 6.54 Å². The summed E-state index contributed by atoms with van der Waals surface area (Å²) in [6.45, 7) is 2.00. The lowest BCUT2D eigenvalue weighted by molar-refractivity contribution is 0.318. The Bertz CT molecular complexity index is 454. The SMILES string of the molecule is Oc1c(Br)cc(CNCC2CC3CCC2C3)cc1Br. The first-order chi connectivity index (χ1) is 9.13. The van der Waals surface area contributed by atoms with Crippen molar-refractivity contribution >= 4 is 31.9 Å². The molecular formula is C15H19Br2NO. The Morgan fingerprint density at radius 2 is 1.89 bits per heavy atom. The van der Waals surface area contributed by atoms with Gasteiger partial charge in [-0.25, -0.2) is 0 Å². The second-order valence-corrected chi connectivity index (χ2v) is 7.68. The second-order valence-electron chi connectivity index (χ2n) is 5.97. The number of halogens is 2. The molecule has 104 valence electrons. The average Bonchev–Trinajstić information content (AvgIpc) is 2.98. The van der Waals surface area contributed by atoms with Gasteiger partial charge in [-0.2, -0.15) is 0 Å². The van der Waals surface area contributed by atoms with Crippen molar-refractivity contribution in [2.75, 3.05) is 6.54 Å². The molecule has 2 bridgehead atoms. The number of nitrogens with one attached hydrogen (secondary N) is 1. The zero-order valence-electron chi connectivity index (χ0n) is 10.8. The largest absolute Gasteiger partial charge is 0.506 e. The summed E-state index contributed by atoms with van der Waals surface area (Å²) in [5.41, 5.74) is 1.19. The number of hydrogen-bond donors (Lipinski definition) is 2. The molecule has 2 aliphatic rings. The Kier molecular flexibility index (Phi) is 4.20. The van der Waals surface area contributed by atoms with E-state index < -0.39 is 0 Å². The van der Waals surface area contributed by atoms with Crippen LogP contribution in [0, 0.1) is 17.8 Å². The van der Waals surface area contributed by atoms with Crippen molar-refractivity contribution in [1.29, 1.82) is 0 Å². The molecule has 3 unspecified atom stereocenters. The Morgan fingerprint density at radius 3 is 2.47 bits per heavy atom. The van der Waals surface area contributed by atoms with Crippen LogP contribution in [0.4, 0.5) is 0 Å². The summed E-state index contributed by atoms with van der Waals surface area (Å²) in [6.07, 6.45) is 5.83. The van der Waals surface area contributed by atoms with E-state index in [0.29, 0.717) is 0 Å². The molecule has 1 aromatic rings. The lowest BCUT2D eigenvalue weighted by Gasteiger charge is -2.22. The fourth-order valence-corrected chi connectivity index (χ4v) is 5.03. The van der Waals surface area contributed by atoms with E-state index >= 15 is 0 Å². The minimum absolute atomic E-state index is 0.275. The monoisotopic (exact) mass is 387 g/mol. The van der Waals surface area contributed by atoms with Crippen LogP contribution in [0.5, 0.6) is 5.75 Å². The number of rotatable bonds is 4. The first-order valence-corrected chi connectivity index (χ1v) is 8.59. The minimum atomic E-state index is 0.275. The van der Waals surface area contributed by atoms with Gasteiger partial charge in [0.25, 0.3) is 0 Å². The predicted octanol–water partition coefficient (Wildman–Crippen LogP) is 4.44. The summed E-state index contributed by atoms with van der Waals surface area (Å²) in [7, 11) is 0. The second kappa shape index (κ2) is 5.74. The van der Waals surface area contributed by atoms with E-state index in [1.807, 2.05) is 12.1 Å². The van der Waals surface area contributed by atoms with Crippen molar-refractivity contribution in [1.82, 2.24) is 5.32 Å². The standard InChI is InChI=1S/C15H19Br2NO/c16-13-5-10(6-14(17)15(13)19)7-18-8-12-4-9-1-2-11(12)3-9/h5-6,9,11-12,18-19H,1-4,7-8H2. The summed E-state index contributed by atoms with van der Waals surface area (Å²) in [5.74, 6) is 3.17. The summed E-state index contributed by atoms with van der Waals surface area (Å²) < 4.78 is 1.50. The number of fused-ring (bicyclic) bond motifs is 2. The van der Waals surface area contributed by atoms with E-state index in [1.165, 1.54) is 31.2 Å². The maximum absolute atomic E-state index is 9.69. The zero-order valence-corrected chi connectivity index (χ0v) is 14.0. The van der Waals surface area contributed by atoms with Crippen molar-refractivity contribution in [3.8, 4) is 5.75 Å². The van der Waals surface area contributed by atoms with Gasteiger partial charge >= 0.3 is 0 Å². The van der Waals surface area contributed by atoms with Crippen molar-refractivity contribution in [2.45, 2.75) is 32.2 Å². The van der Waals surface area contributed by atoms with E-state index in [2.05, 4.69) is 37.2 Å². The molecule has 3 atom stereocenters. The third-order valence-corrected chi connectivity index (χ3v) is 5.91. The normalized spacial score (nSPS) is 29.1. The van der Waals surface area contributed by atoms with Gasteiger partial charge in [0.2, 0.25) is 0 Å². The van der Waals surface area contributed by atoms with E-state index in [1.54, 1.807) is 0 Å². The molecule has 4 heteroatoms. The van der Waals surface area contributed by atoms with Crippen LogP contribution >= 0.6 is 31.9 Å². The Labute approximate surface area is 131 Å². The van der Waals surface area contributed by atoms with Crippen molar-refractivity contribution < 1.29 is 5.11 Å². The number of hydrogen-bond acceptors (Lipinski definition) is 2. The molecule has 2 aliphatic carbocycles. The highest BCUT2D eigenvalue weighted by molar-refractivity contribution is 9.11. The molecule has 0 radical (unpaired) electrons. The molecule has 0 aromatic heterocycles. The van der Waals surface area contributed by atoms with Gasteiger partial charge in [0.15, 0.2) is 0 Å². The lowest BCUT2D eigenvalue weighted by atomic mass is 9.89. The maximum Gasteiger partial charge on any atom is 0.143 e. The van der Waals surface area contributed by atoms with Crippen LogP contribution in [0.3, 0.4) is 0 Å². The molecule has 0 spiro atoms. The van der Waals surface area contributed by atoms with Gasteiger partial charge in [-0.15, -0.1) is 0 Å². The van der Waals surface area contributed by atoms with Gasteiger partial charge in [-0.05, 0) is 93.1 Å². The molecule has 1 aromatic carbocycles. The van der Waals surface area contributed by atoms with Crippen LogP contribution in [-0.4, -0.2) is 11.7 Å². The van der Waals surface area contributed by atoms with Crippen LogP contribution in [0.1, 0.15) is 31.2 Å². The molecule has 0 heterocycles. The molecule has 19 heavy (non-hydrogen) atoms. The lowest BCUT2D eigenvalue weighted by Crippen LogP contribution is -2.26. The molecule has 2 saturated carbocycles. The molecule has 0 saturated heterocycles. The molecular weight excluding hydrogens is 370 g/mol. The third kappa shape index (κ3) is 3.01. The van der Waals surface area contributed by atoms with Crippen LogP contribution < -0.4 is 5.32 Å². The molecule has 3 rings (SSSR count). The number of phenols is 1. The molecule has 0 aliphatic heterocycles. The Morgan fingerprint density at radius 1 is 1.16 bits per heavy atom. The minimum Gasteiger partial charge on any atom is -0.506 e. The highest BCUT2D eigenvalue weighted by Gasteiger charge is 2.38. The van der Waals surface area contributed by atoms with E-state index in [-0.39, 0.29) is 5.75 Å². The fourth-order valence-electron chi connectivity index (χ4n) is 3.75. The van der Waals surface area contributed by atoms with Gasteiger partial charge in [0.05, 0.1) is 8.95 Å². The first-order valence-electron chi connectivity index (χ1n) is 7.01. The van der Waals surface area contributed by atoms with Gasteiger partial charge in [-0.3, -0.25) is 0 Å². The highest BCUT2D eigenvalue weighted by atomic mass is 79.9. The third-order valence-electron chi connectivity index (χ3n) is 4.70. The van der Waals surface area contributed by atoms with Gasteiger partial charge in [0, 0.05) is 6.54 Å². The molecule has 0 amide bonds.